The molecular formula is C16H15N3O2. The average Bonchev–Trinajstić information content (AvgIpc) is 2.84. The van der Waals surface area contributed by atoms with Gasteiger partial charge in [0.1, 0.15) is 0 Å². The van der Waals surface area contributed by atoms with Crippen molar-refractivity contribution in [2.75, 3.05) is 0 Å². The molecule has 5 heteroatoms. The Hall–Kier alpha value is -2.69. The van der Waals surface area contributed by atoms with Crippen molar-refractivity contribution in [1.29, 1.82) is 0 Å². The van der Waals surface area contributed by atoms with E-state index in [1.807, 2.05) is 43.5 Å². The van der Waals surface area contributed by atoms with Crippen LogP contribution in [0.15, 0.2) is 42.7 Å². The molecule has 0 fully saturated rings. The fraction of sp³-hybridized carbons (Fsp3) is 0.188. The van der Waals surface area contributed by atoms with E-state index in [0.29, 0.717) is 6.42 Å². The number of aliphatic carboxylic acids is 1. The minimum atomic E-state index is -0.819. The Bertz CT molecular complexity index is 808. The number of hydrogen-bond acceptors (Lipinski definition) is 3. The van der Waals surface area contributed by atoms with E-state index < -0.39 is 5.97 Å². The SMILES string of the molecule is Cc1ccccc1-c1nn2cccnc2c1CCC(=O)O. The molecule has 0 aliphatic rings. The van der Waals surface area contributed by atoms with E-state index in [2.05, 4.69) is 10.1 Å². The molecule has 0 bridgehead atoms. The lowest BCUT2D eigenvalue weighted by Gasteiger charge is -2.04. The Balaban J connectivity index is 2.19. The molecule has 0 spiro atoms. The number of aromatic nitrogens is 3. The van der Waals surface area contributed by atoms with Crippen LogP contribution in [0.1, 0.15) is 17.5 Å². The summed E-state index contributed by atoms with van der Waals surface area (Å²) < 4.78 is 1.71. The monoisotopic (exact) mass is 281 g/mol. The molecule has 0 amide bonds. The summed E-state index contributed by atoms with van der Waals surface area (Å²) in [6.45, 7) is 2.02. The highest BCUT2D eigenvalue weighted by Gasteiger charge is 2.17. The third-order valence-corrected chi connectivity index (χ3v) is 3.48. The summed E-state index contributed by atoms with van der Waals surface area (Å²) in [6.07, 6.45) is 4.01. The minimum absolute atomic E-state index is 0.0663. The fourth-order valence-corrected chi connectivity index (χ4v) is 2.45. The van der Waals surface area contributed by atoms with Gasteiger partial charge in [0.15, 0.2) is 5.65 Å². The van der Waals surface area contributed by atoms with Gasteiger partial charge in [0.25, 0.3) is 0 Å². The fourth-order valence-electron chi connectivity index (χ4n) is 2.45. The lowest BCUT2D eigenvalue weighted by atomic mass is 10.0. The molecule has 2 heterocycles. The smallest absolute Gasteiger partial charge is 0.303 e. The van der Waals surface area contributed by atoms with Gasteiger partial charge < -0.3 is 5.11 Å². The van der Waals surface area contributed by atoms with Crippen molar-refractivity contribution in [3.05, 3.63) is 53.9 Å². The first-order valence-corrected chi connectivity index (χ1v) is 6.77. The molecule has 2 aromatic heterocycles. The van der Waals surface area contributed by atoms with Crippen molar-refractivity contribution in [3.63, 3.8) is 0 Å². The number of carbonyl (C=O) groups is 1. The molecule has 106 valence electrons. The maximum absolute atomic E-state index is 10.9. The normalized spacial score (nSPS) is 10.9. The predicted octanol–water partition coefficient (Wildman–Crippen LogP) is 2.72. The molecule has 0 atom stereocenters. The molecular weight excluding hydrogens is 266 g/mol. The van der Waals surface area contributed by atoms with E-state index in [-0.39, 0.29) is 6.42 Å². The van der Waals surface area contributed by atoms with Crippen molar-refractivity contribution < 1.29 is 9.90 Å². The van der Waals surface area contributed by atoms with E-state index in [4.69, 9.17) is 5.11 Å². The zero-order valence-corrected chi connectivity index (χ0v) is 11.7. The summed E-state index contributed by atoms with van der Waals surface area (Å²) >= 11 is 0. The number of benzene rings is 1. The van der Waals surface area contributed by atoms with Crippen LogP contribution in [0, 0.1) is 6.92 Å². The molecule has 21 heavy (non-hydrogen) atoms. The maximum Gasteiger partial charge on any atom is 0.303 e. The standard InChI is InChI=1S/C16H15N3O2/c1-11-5-2-3-6-12(11)15-13(7-8-14(20)21)16-17-9-4-10-19(16)18-15/h2-6,9-10H,7-8H2,1H3,(H,20,21). The quantitative estimate of drug-likeness (QED) is 0.798. The first-order valence-electron chi connectivity index (χ1n) is 6.77. The molecule has 0 radical (unpaired) electrons. The Morgan fingerprint density at radius 2 is 2.10 bits per heavy atom. The van der Waals surface area contributed by atoms with Crippen molar-refractivity contribution in [1.82, 2.24) is 14.6 Å². The van der Waals surface area contributed by atoms with E-state index >= 15 is 0 Å². The van der Waals surface area contributed by atoms with Gasteiger partial charge in [-0.2, -0.15) is 5.10 Å². The first kappa shape index (κ1) is 13.3. The summed E-state index contributed by atoms with van der Waals surface area (Å²) in [6, 6.07) is 9.77. The van der Waals surface area contributed by atoms with Crippen LogP contribution in [0.25, 0.3) is 16.9 Å². The summed E-state index contributed by atoms with van der Waals surface area (Å²) in [5.74, 6) is -0.819. The molecule has 0 aliphatic heterocycles. The van der Waals surface area contributed by atoms with E-state index in [1.165, 1.54) is 0 Å². The van der Waals surface area contributed by atoms with Gasteiger partial charge in [0, 0.05) is 29.9 Å². The second kappa shape index (κ2) is 5.36. The van der Waals surface area contributed by atoms with Crippen LogP contribution in [-0.2, 0) is 11.2 Å². The number of carboxylic acid groups (broad SMARTS) is 1. The van der Waals surface area contributed by atoms with Crippen LogP contribution >= 0.6 is 0 Å². The van der Waals surface area contributed by atoms with Gasteiger partial charge in [0.05, 0.1) is 5.69 Å². The molecule has 1 aromatic carbocycles. The number of nitrogens with zero attached hydrogens (tertiary/aromatic N) is 3. The van der Waals surface area contributed by atoms with Crippen LogP contribution in [0.5, 0.6) is 0 Å². The van der Waals surface area contributed by atoms with Crippen molar-refractivity contribution >= 4 is 11.6 Å². The second-order valence-corrected chi connectivity index (χ2v) is 4.92. The summed E-state index contributed by atoms with van der Waals surface area (Å²) in [4.78, 5) is 15.2. The lowest BCUT2D eigenvalue weighted by molar-refractivity contribution is -0.136. The van der Waals surface area contributed by atoms with E-state index in [0.717, 1.165) is 28.0 Å². The van der Waals surface area contributed by atoms with Gasteiger partial charge in [-0.05, 0) is 25.0 Å². The summed E-state index contributed by atoms with van der Waals surface area (Å²) in [5.41, 5.74) is 4.54. The molecule has 5 nitrogen and oxygen atoms in total. The lowest BCUT2D eigenvalue weighted by Crippen LogP contribution is -1.99. The van der Waals surface area contributed by atoms with Crippen LogP contribution < -0.4 is 0 Å². The number of carboxylic acids is 1. The molecule has 0 saturated carbocycles. The van der Waals surface area contributed by atoms with Crippen molar-refractivity contribution in [2.45, 2.75) is 19.8 Å². The van der Waals surface area contributed by atoms with Crippen LogP contribution in [-0.4, -0.2) is 25.7 Å². The topological polar surface area (TPSA) is 67.5 Å². The van der Waals surface area contributed by atoms with Gasteiger partial charge in [-0.3, -0.25) is 4.79 Å². The largest absolute Gasteiger partial charge is 0.481 e. The Morgan fingerprint density at radius 1 is 1.29 bits per heavy atom. The van der Waals surface area contributed by atoms with Gasteiger partial charge >= 0.3 is 5.97 Å². The average molecular weight is 281 g/mol. The minimum Gasteiger partial charge on any atom is -0.481 e. The zero-order chi connectivity index (χ0) is 14.8. The van der Waals surface area contributed by atoms with Gasteiger partial charge in [-0.15, -0.1) is 0 Å². The highest BCUT2D eigenvalue weighted by atomic mass is 16.4. The first-order chi connectivity index (χ1) is 10.2. The molecule has 3 rings (SSSR count). The van der Waals surface area contributed by atoms with Crippen LogP contribution in [0.3, 0.4) is 0 Å². The molecule has 0 saturated heterocycles. The summed E-state index contributed by atoms with van der Waals surface area (Å²) in [5, 5.41) is 13.5. The molecule has 1 N–H and O–H groups in total. The highest BCUT2D eigenvalue weighted by Crippen LogP contribution is 2.28. The Morgan fingerprint density at radius 3 is 2.86 bits per heavy atom. The number of fused-ring (bicyclic) bond motifs is 1. The van der Waals surface area contributed by atoms with E-state index in [9.17, 15) is 4.79 Å². The Labute approximate surface area is 121 Å². The second-order valence-electron chi connectivity index (χ2n) is 4.92. The van der Waals surface area contributed by atoms with Crippen LogP contribution in [0.2, 0.25) is 0 Å². The summed E-state index contributed by atoms with van der Waals surface area (Å²) in [7, 11) is 0. The highest BCUT2D eigenvalue weighted by molar-refractivity contribution is 5.74. The molecule has 3 aromatic rings. The molecule has 0 unspecified atom stereocenters. The number of hydrogen-bond donors (Lipinski definition) is 1. The van der Waals surface area contributed by atoms with Crippen molar-refractivity contribution in [3.8, 4) is 11.3 Å². The number of aryl methyl sites for hydroxylation is 2. The third kappa shape index (κ3) is 2.50. The Kier molecular flexibility index (Phi) is 3.39. The maximum atomic E-state index is 10.9. The molecule has 0 aliphatic carbocycles. The van der Waals surface area contributed by atoms with E-state index in [1.54, 1.807) is 10.7 Å². The van der Waals surface area contributed by atoms with Gasteiger partial charge in [-0.1, -0.05) is 24.3 Å². The van der Waals surface area contributed by atoms with Crippen molar-refractivity contribution in [2.24, 2.45) is 0 Å². The predicted molar refractivity (Wildman–Crippen MR) is 79.1 cm³/mol. The van der Waals surface area contributed by atoms with Gasteiger partial charge in [0.2, 0.25) is 0 Å². The van der Waals surface area contributed by atoms with Gasteiger partial charge in [-0.25, -0.2) is 9.50 Å². The third-order valence-electron chi connectivity index (χ3n) is 3.48. The number of rotatable bonds is 4. The van der Waals surface area contributed by atoms with Crippen LogP contribution in [0.4, 0.5) is 0 Å². The zero-order valence-electron chi connectivity index (χ0n) is 11.7.